The van der Waals surface area contributed by atoms with Crippen molar-refractivity contribution in [2.75, 3.05) is 13.7 Å². The van der Waals surface area contributed by atoms with Crippen LogP contribution in [-0.4, -0.2) is 40.5 Å². The Morgan fingerprint density at radius 3 is 2.83 bits per heavy atom. The maximum Gasteiger partial charge on any atom is 0.247 e. The van der Waals surface area contributed by atoms with E-state index in [0.717, 1.165) is 41.8 Å². The third kappa shape index (κ3) is 4.17. The lowest BCUT2D eigenvalue weighted by Gasteiger charge is -2.21. The average molecular weight is 405 g/mol. The first-order chi connectivity index (χ1) is 14.5. The third-order valence-electron chi connectivity index (χ3n) is 5.23. The molecule has 30 heavy (non-hydrogen) atoms. The van der Waals surface area contributed by atoms with E-state index in [1.54, 1.807) is 13.2 Å². The van der Waals surface area contributed by atoms with Crippen molar-refractivity contribution in [1.82, 2.24) is 14.9 Å². The summed E-state index contributed by atoms with van der Waals surface area (Å²) in [7, 11) is 1.61. The molecule has 2 aromatic carbocycles. The van der Waals surface area contributed by atoms with Crippen LogP contribution in [0.2, 0.25) is 0 Å². The van der Waals surface area contributed by atoms with Crippen LogP contribution in [0, 0.1) is 0 Å². The standard InChI is InChI=1S/C24H27N3O3/c1-16(2)30-21-12-10-17(15-22(21)29-3)11-13-23(28)27-14-6-9-20(27)24-25-18-7-4-5-8-19(18)26-24/h4-5,7-8,10-13,15-16,20H,6,9,14H2,1-3H3,(H,25,26)/b13-11+. The van der Waals surface area contributed by atoms with Gasteiger partial charge < -0.3 is 19.4 Å². The van der Waals surface area contributed by atoms with Crippen LogP contribution < -0.4 is 9.47 Å². The molecular weight excluding hydrogens is 378 g/mol. The summed E-state index contributed by atoms with van der Waals surface area (Å²) < 4.78 is 11.2. The number of hydrogen-bond acceptors (Lipinski definition) is 4. The SMILES string of the molecule is COc1cc(/C=C/C(=O)N2CCCC2c2nc3ccccc3[nH]2)ccc1OC(C)C. The number of amides is 1. The Balaban J connectivity index is 1.50. The number of carbonyl (C=O) groups is 1. The molecule has 1 unspecified atom stereocenters. The summed E-state index contributed by atoms with van der Waals surface area (Å²) >= 11 is 0. The number of imidazole rings is 1. The Morgan fingerprint density at radius 2 is 2.07 bits per heavy atom. The number of nitrogens with zero attached hydrogens (tertiary/aromatic N) is 2. The van der Waals surface area contributed by atoms with Crippen LogP contribution in [0.3, 0.4) is 0 Å². The summed E-state index contributed by atoms with van der Waals surface area (Å²) in [5.41, 5.74) is 2.81. The molecule has 1 aromatic heterocycles. The quantitative estimate of drug-likeness (QED) is 0.602. The molecule has 0 saturated carbocycles. The molecule has 1 aliphatic heterocycles. The van der Waals surface area contributed by atoms with Gasteiger partial charge in [-0.3, -0.25) is 4.79 Å². The Labute approximate surface area is 176 Å². The molecule has 1 saturated heterocycles. The fourth-order valence-electron chi connectivity index (χ4n) is 3.85. The van der Waals surface area contributed by atoms with Crippen molar-refractivity contribution in [2.45, 2.75) is 38.8 Å². The Bertz CT molecular complexity index is 1040. The number of methoxy groups -OCH3 is 1. The van der Waals surface area contributed by atoms with Crippen LogP contribution in [0.4, 0.5) is 0 Å². The van der Waals surface area contributed by atoms with Gasteiger partial charge in [-0.2, -0.15) is 0 Å². The third-order valence-corrected chi connectivity index (χ3v) is 5.23. The van der Waals surface area contributed by atoms with E-state index in [-0.39, 0.29) is 18.1 Å². The van der Waals surface area contributed by atoms with E-state index in [1.165, 1.54) is 0 Å². The van der Waals surface area contributed by atoms with E-state index in [1.807, 2.05) is 67.3 Å². The van der Waals surface area contributed by atoms with Crippen LogP contribution in [0.25, 0.3) is 17.1 Å². The number of benzene rings is 2. The van der Waals surface area contributed by atoms with Crippen LogP contribution >= 0.6 is 0 Å². The predicted octanol–water partition coefficient (Wildman–Crippen LogP) is 4.74. The van der Waals surface area contributed by atoms with Gasteiger partial charge in [-0.05, 0) is 62.6 Å². The first kappa shape index (κ1) is 20.0. The minimum atomic E-state index is -0.0223. The highest BCUT2D eigenvalue weighted by atomic mass is 16.5. The zero-order valence-corrected chi connectivity index (χ0v) is 17.6. The van der Waals surface area contributed by atoms with Gasteiger partial charge in [-0.25, -0.2) is 4.98 Å². The van der Waals surface area contributed by atoms with Gasteiger partial charge in [0.05, 0.1) is 30.3 Å². The van der Waals surface area contributed by atoms with Crippen LogP contribution in [0.5, 0.6) is 11.5 Å². The van der Waals surface area contributed by atoms with E-state index < -0.39 is 0 Å². The van der Waals surface area contributed by atoms with Gasteiger partial charge >= 0.3 is 0 Å². The zero-order chi connectivity index (χ0) is 21.1. The zero-order valence-electron chi connectivity index (χ0n) is 17.6. The molecule has 2 heterocycles. The van der Waals surface area contributed by atoms with E-state index in [4.69, 9.17) is 14.5 Å². The smallest absolute Gasteiger partial charge is 0.247 e. The van der Waals surface area contributed by atoms with Crippen LogP contribution in [0.15, 0.2) is 48.5 Å². The highest BCUT2D eigenvalue weighted by Crippen LogP contribution is 2.32. The summed E-state index contributed by atoms with van der Waals surface area (Å²) in [4.78, 5) is 22.9. The predicted molar refractivity (Wildman–Crippen MR) is 118 cm³/mol. The molecule has 0 bridgehead atoms. The van der Waals surface area contributed by atoms with Gasteiger partial charge in [-0.15, -0.1) is 0 Å². The molecule has 4 rings (SSSR count). The number of hydrogen-bond donors (Lipinski definition) is 1. The van der Waals surface area contributed by atoms with Crippen LogP contribution in [-0.2, 0) is 4.79 Å². The van der Waals surface area contributed by atoms with Crippen molar-refractivity contribution in [1.29, 1.82) is 0 Å². The average Bonchev–Trinajstić information content (AvgIpc) is 3.39. The normalized spacial score (nSPS) is 16.7. The van der Waals surface area contributed by atoms with Crippen LogP contribution in [0.1, 0.15) is 44.1 Å². The van der Waals surface area contributed by atoms with E-state index in [9.17, 15) is 4.79 Å². The number of nitrogens with one attached hydrogen (secondary N) is 1. The number of rotatable bonds is 6. The Kier molecular flexibility index (Phi) is 5.74. The summed E-state index contributed by atoms with van der Waals surface area (Å²) in [5.74, 6) is 2.19. The molecule has 0 aliphatic carbocycles. The van der Waals surface area contributed by atoms with Crippen molar-refractivity contribution < 1.29 is 14.3 Å². The second-order valence-electron chi connectivity index (χ2n) is 7.74. The maximum absolute atomic E-state index is 12.9. The fraction of sp³-hybridized carbons (Fsp3) is 0.333. The number of H-pyrrole nitrogens is 1. The molecule has 1 aliphatic rings. The van der Waals surface area contributed by atoms with Gasteiger partial charge in [-0.1, -0.05) is 18.2 Å². The van der Waals surface area contributed by atoms with Gasteiger partial charge in [0.1, 0.15) is 5.82 Å². The molecule has 1 fully saturated rings. The molecule has 156 valence electrons. The summed E-state index contributed by atoms with van der Waals surface area (Å²) in [6.45, 7) is 4.68. The lowest BCUT2D eigenvalue weighted by Crippen LogP contribution is -2.29. The number of aromatic nitrogens is 2. The van der Waals surface area contributed by atoms with Crippen molar-refractivity contribution in [3.05, 3.63) is 59.9 Å². The summed E-state index contributed by atoms with van der Waals surface area (Å²) in [6.07, 6.45) is 5.38. The van der Waals surface area contributed by atoms with Gasteiger partial charge in [0, 0.05) is 12.6 Å². The fourth-order valence-corrected chi connectivity index (χ4v) is 3.85. The summed E-state index contributed by atoms with van der Waals surface area (Å²) in [5, 5.41) is 0. The monoisotopic (exact) mass is 405 g/mol. The van der Waals surface area contributed by atoms with E-state index >= 15 is 0 Å². The topological polar surface area (TPSA) is 67.5 Å². The van der Waals surface area contributed by atoms with Crippen molar-refractivity contribution >= 4 is 23.0 Å². The second kappa shape index (κ2) is 8.61. The molecule has 6 nitrogen and oxygen atoms in total. The number of likely N-dealkylation sites (tertiary alicyclic amines) is 1. The molecule has 1 amide bonds. The van der Waals surface area contributed by atoms with E-state index in [2.05, 4.69) is 4.98 Å². The summed E-state index contributed by atoms with van der Waals surface area (Å²) in [6, 6.07) is 13.6. The van der Waals surface area contributed by atoms with Crippen molar-refractivity contribution in [3.63, 3.8) is 0 Å². The molecule has 1 atom stereocenters. The van der Waals surface area contributed by atoms with Crippen molar-refractivity contribution in [2.24, 2.45) is 0 Å². The first-order valence-electron chi connectivity index (χ1n) is 10.3. The Morgan fingerprint density at radius 1 is 1.23 bits per heavy atom. The minimum absolute atomic E-state index is 0.0144. The largest absolute Gasteiger partial charge is 0.493 e. The number of carbonyl (C=O) groups excluding carboxylic acids is 1. The minimum Gasteiger partial charge on any atom is -0.493 e. The first-order valence-corrected chi connectivity index (χ1v) is 10.3. The highest BCUT2D eigenvalue weighted by molar-refractivity contribution is 5.92. The second-order valence-corrected chi connectivity index (χ2v) is 7.74. The lowest BCUT2D eigenvalue weighted by molar-refractivity contribution is -0.126. The number of aromatic amines is 1. The van der Waals surface area contributed by atoms with Gasteiger partial charge in [0.2, 0.25) is 5.91 Å². The highest BCUT2D eigenvalue weighted by Gasteiger charge is 2.31. The molecule has 3 aromatic rings. The van der Waals surface area contributed by atoms with E-state index in [0.29, 0.717) is 11.5 Å². The molecular formula is C24H27N3O3. The van der Waals surface area contributed by atoms with Crippen molar-refractivity contribution in [3.8, 4) is 11.5 Å². The molecule has 0 radical (unpaired) electrons. The molecule has 6 heteroatoms. The van der Waals surface area contributed by atoms with Gasteiger partial charge in [0.25, 0.3) is 0 Å². The molecule has 0 spiro atoms. The number of ether oxygens (including phenoxy) is 2. The Hall–Kier alpha value is -3.28. The molecule has 1 N–H and O–H groups in total. The number of fused-ring (bicyclic) bond motifs is 1. The lowest BCUT2D eigenvalue weighted by atomic mass is 10.1. The van der Waals surface area contributed by atoms with Gasteiger partial charge in [0.15, 0.2) is 11.5 Å². The maximum atomic E-state index is 12.9. The number of para-hydroxylation sites is 2.